The summed E-state index contributed by atoms with van der Waals surface area (Å²) in [6.07, 6.45) is 0. The number of ether oxygens (including phenoxy) is 1. The number of carboxylic acid groups (broad SMARTS) is 1. The summed E-state index contributed by atoms with van der Waals surface area (Å²) in [4.78, 5) is 24.5. The minimum Gasteiger partial charge on any atom is -0.480 e. The summed E-state index contributed by atoms with van der Waals surface area (Å²) in [6, 6.07) is 0. The molecule has 7 heteroatoms. The molecule has 0 aliphatic rings. The van der Waals surface area contributed by atoms with Crippen LogP contribution in [-0.4, -0.2) is 66.8 Å². The lowest BCUT2D eigenvalue weighted by molar-refractivity contribution is -0.157. The number of nitrogens with zero attached hydrogens (tertiary/aromatic N) is 1. The topological polar surface area (TPSA) is 87.1 Å². The van der Waals surface area contributed by atoms with Crippen LogP contribution in [-0.2, 0) is 14.3 Å². The maximum absolute atomic E-state index is 11.8. The second-order valence-electron chi connectivity index (χ2n) is 5.81. The third kappa shape index (κ3) is 7.29. The van der Waals surface area contributed by atoms with Crippen molar-refractivity contribution in [2.45, 2.75) is 45.1 Å². The highest BCUT2D eigenvalue weighted by Crippen LogP contribution is 2.10. The number of aliphatic hydroxyl groups is 1. The Balaban J connectivity index is 4.81. The molecule has 0 spiro atoms. The zero-order chi connectivity index (χ0) is 15.2. The number of rotatable bonds is 7. The van der Waals surface area contributed by atoms with Crippen LogP contribution in [0.2, 0.25) is 13.1 Å². The smallest absolute Gasteiger partial charge is 0.320 e. The first-order valence-corrected chi connectivity index (χ1v) is 9.35. The van der Waals surface area contributed by atoms with Crippen molar-refractivity contribution >= 4 is 20.7 Å². The van der Waals surface area contributed by atoms with Gasteiger partial charge in [-0.1, -0.05) is 13.1 Å². The van der Waals surface area contributed by atoms with Crippen molar-refractivity contribution in [2.75, 3.05) is 19.7 Å². The van der Waals surface area contributed by atoms with Crippen molar-refractivity contribution in [3.63, 3.8) is 0 Å². The molecule has 0 saturated heterocycles. The molecule has 19 heavy (non-hydrogen) atoms. The van der Waals surface area contributed by atoms with Crippen molar-refractivity contribution in [3.05, 3.63) is 0 Å². The van der Waals surface area contributed by atoms with E-state index in [2.05, 4.69) is 0 Å². The number of carbonyl (C=O) groups excluding carboxylic acids is 1. The van der Waals surface area contributed by atoms with E-state index in [4.69, 9.17) is 9.84 Å². The Morgan fingerprint density at radius 2 is 1.84 bits per heavy atom. The van der Waals surface area contributed by atoms with Gasteiger partial charge in [-0.15, -0.1) is 0 Å². The average molecular weight is 291 g/mol. The molecule has 0 rings (SSSR count). The second kappa shape index (κ2) is 7.61. The van der Waals surface area contributed by atoms with Gasteiger partial charge in [-0.05, 0) is 20.8 Å². The molecule has 6 nitrogen and oxygen atoms in total. The molecule has 0 aliphatic carbocycles. The molecule has 0 bridgehead atoms. The van der Waals surface area contributed by atoms with Gasteiger partial charge in [-0.2, -0.15) is 0 Å². The van der Waals surface area contributed by atoms with Crippen LogP contribution in [0.4, 0.5) is 0 Å². The molecule has 0 heterocycles. The van der Waals surface area contributed by atoms with E-state index in [1.807, 2.05) is 13.1 Å². The minimum atomic E-state index is -1.54. The lowest BCUT2D eigenvalue weighted by atomic mass is 10.2. The highest BCUT2D eigenvalue weighted by Gasteiger charge is 2.31. The van der Waals surface area contributed by atoms with Gasteiger partial charge in [0.25, 0.3) is 0 Å². The van der Waals surface area contributed by atoms with Crippen molar-refractivity contribution in [3.8, 4) is 0 Å². The van der Waals surface area contributed by atoms with E-state index in [0.29, 0.717) is 0 Å². The monoisotopic (exact) mass is 291 g/mol. The molecule has 0 aromatic heterocycles. The van der Waals surface area contributed by atoms with Crippen LogP contribution in [0.5, 0.6) is 0 Å². The van der Waals surface area contributed by atoms with Gasteiger partial charge in [0.1, 0.15) is 5.60 Å². The van der Waals surface area contributed by atoms with Crippen molar-refractivity contribution in [1.82, 2.24) is 4.90 Å². The summed E-state index contributed by atoms with van der Waals surface area (Å²) in [5.74, 6) is -1.42. The van der Waals surface area contributed by atoms with Gasteiger partial charge in [0.2, 0.25) is 0 Å². The first-order valence-electron chi connectivity index (χ1n) is 6.38. The highest BCUT2D eigenvalue weighted by atomic mass is 28.3. The van der Waals surface area contributed by atoms with Crippen molar-refractivity contribution in [2.24, 2.45) is 0 Å². The van der Waals surface area contributed by atoms with Gasteiger partial charge in [0.15, 0.2) is 0 Å². The van der Waals surface area contributed by atoms with Gasteiger partial charge in [-0.3, -0.25) is 14.5 Å². The molecule has 0 aliphatic heterocycles. The average Bonchev–Trinajstić information content (AvgIpc) is 2.12. The number of hydrogen-bond acceptors (Lipinski definition) is 5. The SMILES string of the molecule is C[SiH](C)C(C(=O)O)N(CCO)CC(=O)OC(C)(C)C. The Kier molecular flexibility index (Phi) is 7.24. The molecule has 1 atom stereocenters. The Bertz CT molecular complexity index is 314. The Morgan fingerprint density at radius 1 is 1.32 bits per heavy atom. The third-order valence-electron chi connectivity index (χ3n) is 2.42. The van der Waals surface area contributed by atoms with Crippen LogP contribution < -0.4 is 0 Å². The summed E-state index contributed by atoms with van der Waals surface area (Å²) in [5.41, 5.74) is -1.28. The maximum Gasteiger partial charge on any atom is 0.320 e. The summed E-state index contributed by atoms with van der Waals surface area (Å²) in [7, 11) is -1.54. The predicted octanol–water partition coefficient (Wildman–Crippen LogP) is 0.101. The van der Waals surface area contributed by atoms with Crippen LogP contribution in [0, 0.1) is 0 Å². The van der Waals surface area contributed by atoms with Gasteiger partial charge >= 0.3 is 11.9 Å². The Morgan fingerprint density at radius 3 is 2.16 bits per heavy atom. The molecule has 0 radical (unpaired) electrons. The lowest BCUT2D eigenvalue weighted by Crippen LogP contribution is -2.52. The van der Waals surface area contributed by atoms with E-state index in [-0.39, 0.29) is 19.7 Å². The van der Waals surface area contributed by atoms with Crippen LogP contribution >= 0.6 is 0 Å². The highest BCUT2D eigenvalue weighted by molar-refractivity contribution is 6.61. The van der Waals surface area contributed by atoms with Crippen LogP contribution in [0.15, 0.2) is 0 Å². The van der Waals surface area contributed by atoms with E-state index >= 15 is 0 Å². The van der Waals surface area contributed by atoms with Crippen molar-refractivity contribution in [1.29, 1.82) is 0 Å². The molecule has 0 aromatic rings. The molecule has 112 valence electrons. The molecule has 2 N–H and O–H groups in total. The van der Waals surface area contributed by atoms with E-state index in [0.717, 1.165) is 0 Å². The molecule has 0 saturated carbocycles. The summed E-state index contributed by atoms with van der Waals surface area (Å²) in [5, 5.41) is 18.3. The van der Waals surface area contributed by atoms with Gasteiger partial charge < -0.3 is 14.9 Å². The summed E-state index contributed by atoms with van der Waals surface area (Å²) < 4.78 is 5.18. The largest absolute Gasteiger partial charge is 0.480 e. The number of aliphatic carboxylic acids is 1. The van der Waals surface area contributed by atoms with Crippen LogP contribution in [0.1, 0.15) is 20.8 Å². The Hall–Kier alpha value is -0.923. The first kappa shape index (κ1) is 18.1. The zero-order valence-corrected chi connectivity index (χ0v) is 13.5. The quantitative estimate of drug-likeness (QED) is 0.511. The van der Waals surface area contributed by atoms with E-state index in [9.17, 15) is 14.7 Å². The lowest BCUT2D eigenvalue weighted by Gasteiger charge is -2.30. The zero-order valence-electron chi connectivity index (χ0n) is 12.3. The minimum absolute atomic E-state index is 0.111. The fourth-order valence-corrected chi connectivity index (χ4v) is 3.52. The van der Waals surface area contributed by atoms with E-state index in [1.165, 1.54) is 4.90 Å². The van der Waals surface area contributed by atoms with Gasteiger partial charge in [-0.25, -0.2) is 0 Å². The third-order valence-corrected chi connectivity index (χ3v) is 4.39. The molecule has 0 aromatic carbocycles. The van der Waals surface area contributed by atoms with Crippen LogP contribution in [0.3, 0.4) is 0 Å². The number of carbonyl (C=O) groups is 2. The standard InChI is InChI=1S/C12H25NO5Si/c1-12(2,3)18-9(15)8-13(6-7-14)10(11(16)17)19(4)5/h10,14,19H,6-8H2,1-5H3,(H,16,17). The van der Waals surface area contributed by atoms with Crippen LogP contribution in [0.25, 0.3) is 0 Å². The normalized spacial score (nSPS) is 13.7. The molecular weight excluding hydrogens is 266 g/mol. The number of aliphatic hydroxyl groups excluding tert-OH is 1. The number of carboxylic acids is 1. The maximum atomic E-state index is 11.8. The second-order valence-corrected chi connectivity index (χ2v) is 8.93. The van der Waals surface area contributed by atoms with Gasteiger partial charge in [0, 0.05) is 6.54 Å². The molecule has 0 amide bonds. The summed E-state index contributed by atoms with van der Waals surface area (Å²) in [6.45, 7) is 8.93. The summed E-state index contributed by atoms with van der Waals surface area (Å²) >= 11 is 0. The number of hydrogen-bond donors (Lipinski definition) is 2. The van der Waals surface area contributed by atoms with E-state index in [1.54, 1.807) is 20.8 Å². The van der Waals surface area contributed by atoms with E-state index < -0.39 is 32.0 Å². The predicted molar refractivity (Wildman–Crippen MR) is 74.8 cm³/mol. The van der Waals surface area contributed by atoms with Crippen molar-refractivity contribution < 1.29 is 24.5 Å². The number of esters is 1. The molecule has 0 fully saturated rings. The first-order chi connectivity index (χ1) is 8.58. The Labute approximate surface area is 116 Å². The fourth-order valence-electron chi connectivity index (χ4n) is 1.85. The molecular formula is C12H25NO5Si. The fraction of sp³-hybridized carbons (Fsp3) is 0.833. The van der Waals surface area contributed by atoms with Gasteiger partial charge in [0.05, 0.1) is 27.6 Å². The molecule has 1 unspecified atom stereocenters.